The van der Waals surface area contributed by atoms with E-state index in [0.29, 0.717) is 25.0 Å². The molecule has 0 spiro atoms. The van der Waals surface area contributed by atoms with E-state index < -0.39 is 65.5 Å². The minimum absolute atomic E-state index is 0.139. The molecule has 3 aliphatic carbocycles. The average Bonchev–Trinajstić information content (AvgIpc) is 3.37. The summed E-state index contributed by atoms with van der Waals surface area (Å²) in [5.41, 5.74) is 2.05. The number of fused-ring (bicyclic) bond motifs is 5. The molecule has 2 aromatic carbocycles. The van der Waals surface area contributed by atoms with Gasteiger partial charge >= 0.3 is 24.2 Å². The number of aliphatic hydroxyl groups excluding tert-OH is 1. The minimum Gasteiger partial charge on any atom is -0.458 e. The third kappa shape index (κ3) is 9.98. The lowest BCUT2D eigenvalue weighted by molar-refractivity contribution is -0.284. The van der Waals surface area contributed by atoms with E-state index in [1.54, 1.807) is 26.8 Å². The number of rotatable bonds is 13. The molecule has 0 heterocycles. The summed E-state index contributed by atoms with van der Waals surface area (Å²) < 4.78 is 88.4. The molecule has 8 atom stereocenters. The molecule has 13 heteroatoms. The van der Waals surface area contributed by atoms with Gasteiger partial charge in [-0.1, -0.05) is 43.3 Å². The third-order valence-electron chi connectivity index (χ3n) is 11.5. The fraction of sp³-hybridized carbons (Fsp3) is 0.650. The highest BCUT2D eigenvalue weighted by molar-refractivity contribution is 7.84. The zero-order valence-electron chi connectivity index (χ0n) is 30.9. The van der Waals surface area contributed by atoms with E-state index in [4.69, 9.17) is 9.47 Å². The van der Waals surface area contributed by atoms with Crippen molar-refractivity contribution in [3.8, 4) is 5.75 Å². The molecule has 0 saturated heterocycles. The molecule has 0 aliphatic heterocycles. The SMILES string of the molecule is CC(C)(C)OC(=O)[C@H](Cc1ccccc1)NC(=O)Oc1ccc2c(c1)C[C@@H](CCCS(=O)CCCC(F)(F)C(F)(F)F)[C@@H]1[C@@H]2CC[C@]2(C)[C@@H](O)CC[C@@H]12. The zero-order valence-corrected chi connectivity index (χ0v) is 31.7. The number of carbonyl (C=O) groups excluding carboxylic acids is 2. The van der Waals surface area contributed by atoms with Crippen molar-refractivity contribution < 1.29 is 50.3 Å². The fourth-order valence-corrected chi connectivity index (χ4v) is 10.1. The number of benzene rings is 2. The van der Waals surface area contributed by atoms with Gasteiger partial charge in [-0.25, -0.2) is 9.59 Å². The lowest BCUT2D eigenvalue weighted by Crippen LogP contribution is -2.47. The number of halogens is 5. The van der Waals surface area contributed by atoms with Gasteiger partial charge in [0.05, 0.1) is 6.10 Å². The van der Waals surface area contributed by atoms with Crippen molar-refractivity contribution in [1.29, 1.82) is 0 Å². The second kappa shape index (κ2) is 16.4. The number of esters is 1. The van der Waals surface area contributed by atoms with E-state index in [1.807, 2.05) is 42.5 Å². The molecular weight excluding hydrogens is 717 g/mol. The van der Waals surface area contributed by atoms with Crippen LogP contribution in [-0.4, -0.2) is 62.7 Å². The van der Waals surface area contributed by atoms with E-state index in [-0.39, 0.29) is 47.0 Å². The Hall–Kier alpha value is -3.06. The predicted octanol–water partition coefficient (Wildman–Crippen LogP) is 8.68. The number of aliphatic hydroxyl groups is 1. The summed E-state index contributed by atoms with van der Waals surface area (Å²) in [6.07, 6.45) is -3.27. The Kier molecular flexibility index (Phi) is 12.7. The van der Waals surface area contributed by atoms with Crippen LogP contribution in [0.25, 0.3) is 0 Å². The smallest absolute Gasteiger partial charge is 0.453 e. The van der Waals surface area contributed by atoms with E-state index in [9.17, 15) is 40.9 Å². The van der Waals surface area contributed by atoms with Gasteiger partial charge in [-0.05, 0) is 130 Å². The van der Waals surface area contributed by atoms with Crippen LogP contribution in [0.15, 0.2) is 48.5 Å². The zero-order chi connectivity index (χ0) is 38.8. The van der Waals surface area contributed by atoms with Gasteiger partial charge in [0.15, 0.2) is 0 Å². The topological polar surface area (TPSA) is 102 Å². The average molecular weight is 770 g/mol. The summed E-state index contributed by atoms with van der Waals surface area (Å²) in [7, 11) is -1.54. The standard InChI is InChI=1S/C40H52F5NO6S/c1-37(2,3)52-35(48)32(22-25-10-6-5-7-11-25)46-36(49)51-28-13-14-29-27(24-28)23-26(34-30(29)17-19-38(4)31(34)15-16-33(38)47)12-8-20-53(50)21-9-18-39(41,42)40(43,44)45/h5-7,10-11,13-14,24,26,30-34,47H,8-9,12,15-23H2,1-4H3,(H,46,49)/t26-,30-,31+,32+,33+,34-,38+,53?/m1/s1. The summed E-state index contributed by atoms with van der Waals surface area (Å²) in [6, 6.07) is 13.9. The first-order valence-corrected chi connectivity index (χ1v) is 20.1. The van der Waals surface area contributed by atoms with E-state index in [2.05, 4.69) is 12.2 Å². The van der Waals surface area contributed by atoms with Crippen LogP contribution in [0.2, 0.25) is 0 Å². The predicted molar refractivity (Wildman–Crippen MR) is 192 cm³/mol. The Balaban J connectivity index is 1.28. The van der Waals surface area contributed by atoms with Crippen molar-refractivity contribution in [1.82, 2.24) is 5.32 Å². The summed E-state index contributed by atoms with van der Waals surface area (Å²) in [4.78, 5) is 26.3. The maximum Gasteiger partial charge on any atom is 0.453 e. The molecule has 0 radical (unpaired) electrons. The summed E-state index contributed by atoms with van der Waals surface area (Å²) in [5, 5.41) is 13.7. The number of alkyl halides is 5. The van der Waals surface area contributed by atoms with Gasteiger partial charge in [-0.2, -0.15) is 22.0 Å². The fourth-order valence-electron chi connectivity index (χ4n) is 8.98. The maximum atomic E-state index is 13.3. The van der Waals surface area contributed by atoms with Crippen molar-refractivity contribution in [2.45, 2.75) is 128 Å². The normalized spacial score (nSPS) is 26.8. The molecule has 2 saturated carbocycles. The van der Waals surface area contributed by atoms with Crippen molar-refractivity contribution in [2.24, 2.45) is 23.2 Å². The van der Waals surface area contributed by atoms with Crippen molar-refractivity contribution in [3.05, 3.63) is 65.2 Å². The lowest BCUT2D eigenvalue weighted by atomic mass is 9.52. The molecular formula is C40H52F5NO6S. The van der Waals surface area contributed by atoms with Crippen molar-refractivity contribution in [3.63, 3.8) is 0 Å². The number of hydrogen-bond acceptors (Lipinski definition) is 6. The highest BCUT2D eigenvalue weighted by Gasteiger charge is 2.57. The molecule has 1 unspecified atom stereocenters. The van der Waals surface area contributed by atoms with E-state index in [0.717, 1.165) is 36.8 Å². The number of amides is 1. The van der Waals surface area contributed by atoms with E-state index in [1.165, 1.54) is 5.56 Å². The maximum absolute atomic E-state index is 13.3. The highest BCUT2D eigenvalue weighted by Crippen LogP contribution is 2.62. The lowest BCUT2D eigenvalue weighted by Gasteiger charge is -2.53. The van der Waals surface area contributed by atoms with Crippen LogP contribution in [0.3, 0.4) is 0 Å². The second-order valence-corrected chi connectivity index (χ2v) is 18.1. The van der Waals surface area contributed by atoms with E-state index >= 15 is 0 Å². The Morgan fingerprint density at radius 2 is 1.70 bits per heavy atom. The molecule has 1 amide bonds. The number of carbonyl (C=O) groups is 2. The number of ether oxygens (including phenoxy) is 2. The Morgan fingerprint density at radius 1 is 1.00 bits per heavy atom. The van der Waals surface area contributed by atoms with Gasteiger partial charge < -0.3 is 19.9 Å². The van der Waals surface area contributed by atoms with Crippen molar-refractivity contribution in [2.75, 3.05) is 11.5 Å². The summed E-state index contributed by atoms with van der Waals surface area (Å²) in [6.45, 7) is 7.42. The Labute approximate surface area is 311 Å². The third-order valence-corrected chi connectivity index (χ3v) is 13.0. The molecule has 2 aromatic rings. The second-order valence-electron chi connectivity index (χ2n) is 16.4. The first kappa shape index (κ1) is 41.1. The van der Waals surface area contributed by atoms with Crippen molar-refractivity contribution >= 4 is 22.9 Å². The van der Waals surface area contributed by atoms with Crippen LogP contribution in [0.4, 0.5) is 26.7 Å². The van der Waals surface area contributed by atoms with Gasteiger partial charge in [0.2, 0.25) is 0 Å². The van der Waals surface area contributed by atoms with Crippen LogP contribution in [0, 0.1) is 23.2 Å². The minimum atomic E-state index is -5.62. The first-order valence-electron chi connectivity index (χ1n) is 18.6. The first-order chi connectivity index (χ1) is 24.8. The van der Waals surface area contributed by atoms with Gasteiger partial charge in [-0.15, -0.1) is 0 Å². The monoisotopic (exact) mass is 769 g/mol. The molecule has 294 valence electrons. The van der Waals surface area contributed by atoms with Crippen LogP contribution in [0.5, 0.6) is 5.75 Å². The summed E-state index contributed by atoms with van der Waals surface area (Å²) in [5.74, 6) is -4.22. The molecule has 5 rings (SSSR count). The Morgan fingerprint density at radius 3 is 2.38 bits per heavy atom. The highest BCUT2D eigenvalue weighted by atomic mass is 32.2. The van der Waals surface area contributed by atoms with Gasteiger partial charge in [0.25, 0.3) is 0 Å². The van der Waals surface area contributed by atoms with Crippen LogP contribution in [0.1, 0.15) is 102 Å². The van der Waals surface area contributed by atoms with Gasteiger partial charge in [-0.3, -0.25) is 4.21 Å². The van der Waals surface area contributed by atoms with Gasteiger partial charge in [0.1, 0.15) is 17.4 Å². The molecule has 2 N–H and O–H groups in total. The Bertz CT molecular complexity index is 1610. The number of hydrogen-bond donors (Lipinski definition) is 2. The molecule has 2 fully saturated rings. The molecule has 0 aromatic heterocycles. The quantitative estimate of drug-likeness (QED) is 0.156. The molecule has 7 nitrogen and oxygen atoms in total. The van der Waals surface area contributed by atoms with Crippen LogP contribution >= 0.6 is 0 Å². The summed E-state index contributed by atoms with van der Waals surface area (Å²) >= 11 is 0. The van der Waals surface area contributed by atoms with Gasteiger partial charge in [0, 0.05) is 35.1 Å². The number of nitrogens with one attached hydrogen (secondary N) is 1. The van der Waals surface area contributed by atoms with Crippen LogP contribution in [-0.2, 0) is 33.2 Å². The molecule has 53 heavy (non-hydrogen) atoms. The largest absolute Gasteiger partial charge is 0.458 e. The molecule has 3 aliphatic rings. The molecule has 0 bridgehead atoms. The van der Waals surface area contributed by atoms with Crippen LogP contribution < -0.4 is 10.1 Å².